The second-order valence-electron chi connectivity index (χ2n) is 6.92. The Morgan fingerprint density at radius 2 is 1.67 bits per heavy atom. The monoisotopic (exact) mass is 296 g/mol. The van der Waals surface area contributed by atoms with Crippen LogP contribution < -0.4 is 5.32 Å². The number of hydrogen-bond acceptors (Lipinski definition) is 2. The van der Waals surface area contributed by atoms with E-state index in [0.717, 1.165) is 12.8 Å². The van der Waals surface area contributed by atoms with Crippen LogP contribution in [0, 0.1) is 17.8 Å². The van der Waals surface area contributed by atoms with Crippen LogP contribution in [0.3, 0.4) is 0 Å². The van der Waals surface area contributed by atoms with Crippen molar-refractivity contribution in [2.24, 2.45) is 17.8 Å². The molecule has 4 heteroatoms. The second-order valence-corrected chi connectivity index (χ2v) is 6.92. The first kappa shape index (κ1) is 18.0. The van der Waals surface area contributed by atoms with Gasteiger partial charge in [0.25, 0.3) is 0 Å². The Bertz CT molecular complexity index is 358. The Morgan fingerprint density at radius 1 is 1.10 bits per heavy atom. The van der Waals surface area contributed by atoms with Crippen LogP contribution in [0.25, 0.3) is 0 Å². The highest BCUT2D eigenvalue weighted by Gasteiger charge is 2.40. The highest BCUT2D eigenvalue weighted by molar-refractivity contribution is 5.96. The highest BCUT2D eigenvalue weighted by Crippen LogP contribution is 2.25. The molecule has 0 aromatic carbocycles. The zero-order valence-electron chi connectivity index (χ0n) is 14.5. The first-order valence-electron chi connectivity index (χ1n) is 8.44. The molecule has 2 atom stereocenters. The van der Waals surface area contributed by atoms with Crippen molar-refractivity contribution in [2.45, 2.75) is 72.9 Å². The maximum atomic E-state index is 12.7. The summed E-state index contributed by atoms with van der Waals surface area (Å²) in [5.41, 5.74) is 0. The fraction of sp³-hybridized carbons (Fsp3) is 0.882. The van der Waals surface area contributed by atoms with Crippen molar-refractivity contribution in [2.75, 3.05) is 6.54 Å². The molecule has 0 aliphatic carbocycles. The maximum Gasteiger partial charge on any atom is 0.245 e. The van der Waals surface area contributed by atoms with Crippen molar-refractivity contribution in [1.29, 1.82) is 0 Å². The summed E-state index contributed by atoms with van der Waals surface area (Å²) < 4.78 is 0. The molecule has 0 aromatic heterocycles. The topological polar surface area (TPSA) is 49.4 Å². The number of hydrogen-bond donors (Lipinski definition) is 1. The summed E-state index contributed by atoms with van der Waals surface area (Å²) in [5, 5.41) is 2.90. The van der Waals surface area contributed by atoms with Crippen molar-refractivity contribution < 1.29 is 9.59 Å². The summed E-state index contributed by atoms with van der Waals surface area (Å²) in [6.07, 6.45) is 2.31. The summed E-state index contributed by atoms with van der Waals surface area (Å²) in [7, 11) is 0. The van der Waals surface area contributed by atoms with Crippen LogP contribution >= 0.6 is 0 Å². The van der Waals surface area contributed by atoms with Gasteiger partial charge in [-0.05, 0) is 30.6 Å². The molecule has 1 rings (SSSR count). The Kier molecular flexibility index (Phi) is 6.69. The first-order chi connectivity index (χ1) is 9.83. The number of amides is 2. The van der Waals surface area contributed by atoms with E-state index in [-0.39, 0.29) is 23.9 Å². The predicted octanol–water partition coefficient (Wildman–Crippen LogP) is 2.82. The number of nitrogens with zero attached hydrogens (tertiary/aromatic N) is 1. The molecule has 1 fully saturated rings. The SMILES string of the molecule is CCCC1NC(=O)C(CC)N(CC(C(C)C)C(C)C)C1=O. The fourth-order valence-corrected chi connectivity index (χ4v) is 3.35. The molecule has 2 unspecified atom stereocenters. The average molecular weight is 296 g/mol. The van der Waals surface area contributed by atoms with Gasteiger partial charge in [-0.15, -0.1) is 0 Å². The molecule has 1 aliphatic heterocycles. The lowest BCUT2D eigenvalue weighted by atomic mass is 9.84. The fourth-order valence-electron chi connectivity index (χ4n) is 3.35. The van der Waals surface area contributed by atoms with Crippen LogP contribution in [0.1, 0.15) is 60.8 Å². The molecule has 2 amide bonds. The summed E-state index contributed by atoms with van der Waals surface area (Å²) in [6, 6.07) is -0.629. The summed E-state index contributed by atoms with van der Waals surface area (Å²) in [5.74, 6) is 1.56. The number of carbonyl (C=O) groups excluding carboxylic acids is 2. The van der Waals surface area contributed by atoms with E-state index in [1.807, 2.05) is 18.7 Å². The average Bonchev–Trinajstić information content (AvgIpc) is 2.40. The smallest absolute Gasteiger partial charge is 0.245 e. The number of nitrogens with one attached hydrogen (secondary N) is 1. The molecule has 0 bridgehead atoms. The van der Waals surface area contributed by atoms with E-state index in [9.17, 15) is 9.59 Å². The molecule has 0 aromatic rings. The van der Waals surface area contributed by atoms with Gasteiger partial charge in [0.1, 0.15) is 12.1 Å². The van der Waals surface area contributed by atoms with Gasteiger partial charge in [0, 0.05) is 6.54 Å². The normalized spacial score (nSPS) is 23.4. The molecule has 0 spiro atoms. The molecule has 122 valence electrons. The van der Waals surface area contributed by atoms with Gasteiger partial charge in [0.05, 0.1) is 0 Å². The molecule has 1 aliphatic rings. The number of piperazine rings is 1. The highest BCUT2D eigenvalue weighted by atomic mass is 16.2. The zero-order chi connectivity index (χ0) is 16.2. The van der Waals surface area contributed by atoms with Crippen LogP contribution in [-0.4, -0.2) is 35.3 Å². The largest absolute Gasteiger partial charge is 0.343 e. The van der Waals surface area contributed by atoms with Gasteiger partial charge in [0.2, 0.25) is 11.8 Å². The quantitative estimate of drug-likeness (QED) is 0.785. The minimum absolute atomic E-state index is 0.0156. The van der Waals surface area contributed by atoms with Crippen LogP contribution in [0.2, 0.25) is 0 Å². The minimum Gasteiger partial charge on any atom is -0.343 e. The van der Waals surface area contributed by atoms with Crippen molar-refractivity contribution in [1.82, 2.24) is 10.2 Å². The molecule has 1 heterocycles. The summed E-state index contributed by atoms with van der Waals surface area (Å²) in [4.78, 5) is 26.9. The third kappa shape index (κ3) is 4.21. The zero-order valence-corrected chi connectivity index (χ0v) is 14.5. The molecule has 1 N–H and O–H groups in total. The lowest BCUT2D eigenvalue weighted by molar-refractivity contribution is -0.151. The Balaban J connectivity index is 2.96. The van der Waals surface area contributed by atoms with E-state index in [1.54, 1.807) is 0 Å². The van der Waals surface area contributed by atoms with E-state index in [4.69, 9.17) is 0 Å². The molecule has 1 saturated heterocycles. The molecule has 0 saturated carbocycles. The predicted molar refractivity (Wildman–Crippen MR) is 85.8 cm³/mol. The Hall–Kier alpha value is -1.06. The first-order valence-corrected chi connectivity index (χ1v) is 8.44. The van der Waals surface area contributed by atoms with E-state index >= 15 is 0 Å². The lowest BCUT2D eigenvalue weighted by Gasteiger charge is -2.42. The molecule has 21 heavy (non-hydrogen) atoms. The van der Waals surface area contributed by atoms with Crippen LogP contribution in [0.4, 0.5) is 0 Å². The van der Waals surface area contributed by atoms with Crippen molar-refractivity contribution >= 4 is 11.8 Å². The molecular weight excluding hydrogens is 264 g/mol. The van der Waals surface area contributed by atoms with Crippen molar-refractivity contribution in [3.63, 3.8) is 0 Å². The van der Waals surface area contributed by atoms with Crippen LogP contribution in [0.15, 0.2) is 0 Å². The third-order valence-corrected chi connectivity index (χ3v) is 4.66. The molecule has 4 nitrogen and oxygen atoms in total. The van der Waals surface area contributed by atoms with E-state index < -0.39 is 0 Å². The van der Waals surface area contributed by atoms with Crippen molar-refractivity contribution in [3.05, 3.63) is 0 Å². The van der Waals surface area contributed by atoms with Gasteiger partial charge < -0.3 is 10.2 Å². The Labute approximate surface area is 129 Å². The number of carbonyl (C=O) groups is 2. The lowest BCUT2D eigenvalue weighted by Crippen LogP contribution is -2.64. The van der Waals surface area contributed by atoms with Crippen molar-refractivity contribution in [3.8, 4) is 0 Å². The van der Waals surface area contributed by atoms with E-state index in [0.29, 0.717) is 30.7 Å². The summed E-state index contributed by atoms with van der Waals surface area (Å²) in [6.45, 7) is 13.5. The maximum absolute atomic E-state index is 12.7. The number of rotatable bonds is 7. The second kappa shape index (κ2) is 7.81. The third-order valence-electron chi connectivity index (χ3n) is 4.66. The summed E-state index contributed by atoms with van der Waals surface area (Å²) >= 11 is 0. The van der Waals surface area contributed by atoms with Gasteiger partial charge >= 0.3 is 0 Å². The van der Waals surface area contributed by atoms with E-state index in [1.165, 1.54) is 0 Å². The van der Waals surface area contributed by atoms with Crippen LogP contribution in [-0.2, 0) is 9.59 Å². The minimum atomic E-state index is -0.328. The van der Waals surface area contributed by atoms with Crippen LogP contribution in [0.5, 0.6) is 0 Å². The Morgan fingerprint density at radius 3 is 2.10 bits per heavy atom. The standard InChI is InChI=1S/C17H32N2O2/c1-7-9-14-17(21)19(15(8-2)16(20)18-14)10-13(11(3)4)12(5)6/h11-15H,7-10H2,1-6H3,(H,18,20). The van der Waals surface area contributed by atoms with Gasteiger partial charge in [-0.25, -0.2) is 0 Å². The van der Waals surface area contributed by atoms with Gasteiger partial charge in [-0.1, -0.05) is 48.0 Å². The van der Waals surface area contributed by atoms with Gasteiger partial charge in [-0.3, -0.25) is 9.59 Å². The molecule has 0 radical (unpaired) electrons. The van der Waals surface area contributed by atoms with Gasteiger partial charge in [0.15, 0.2) is 0 Å². The van der Waals surface area contributed by atoms with Gasteiger partial charge in [-0.2, -0.15) is 0 Å². The molecular formula is C17H32N2O2. The van der Waals surface area contributed by atoms with E-state index in [2.05, 4.69) is 33.0 Å².